The smallest absolute Gasteiger partial charge is 0.345 e. The van der Waals surface area contributed by atoms with Gasteiger partial charge in [0.1, 0.15) is 5.57 Å². The molecule has 1 N–H and O–H groups in total. The zero-order valence-corrected chi connectivity index (χ0v) is 10.7. The van der Waals surface area contributed by atoms with Crippen molar-refractivity contribution in [3.8, 4) is 0 Å². The van der Waals surface area contributed by atoms with E-state index in [4.69, 9.17) is 9.84 Å². The Bertz CT molecular complexity index is 271. The number of carboxylic acid groups (broad SMARTS) is 1. The third-order valence-corrected chi connectivity index (χ3v) is 2.53. The summed E-state index contributed by atoms with van der Waals surface area (Å²) in [6, 6.07) is 0. The molecule has 0 aromatic rings. The molecule has 0 aliphatic carbocycles. The number of esters is 1. The summed E-state index contributed by atoms with van der Waals surface area (Å²) < 4.78 is 4.96. The van der Waals surface area contributed by atoms with Crippen LogP contribution in [0.4, 0.5) is 0 Å². The van der Waals surface area contributed by atoms with E-state index in [-0.39, 0.29) is 6.10 Å². The number of unbranched alkanes of at least 4 members (excludes halogenated alkanes) is 4. The molecule has 0 amide bonds. The lowest BCUT2D eigenvalue weighted by molar-refractivity contribution is -0.147. The molecule has 4 heteroatoms. The van der Waals surface area contributed by atoms with Gasteiger partial charge >= 0.3 is 11.9 Å². The van der Waals surface area contributed by atoms with Gasteiger partial charge in [-0.3, -0.25) is 0 Å². The van der Waals surface area contributed by atoms with Gasteiger partial charge in [-0.15, -0.1) is 0 Å². The van der Waals surface area contributed by atoms with Gasteiger partial charge in [0.05, 0.1) is 6.10 Å². The van der Waals surface area contributed by atoms with E-state index in [0.717, 1.165) is 19.3 Å². The van der Waals surface area contributed by atoms with Gasteiger partial charge in [0, 0.05) is 0 Å². The van der Waals surface area contributed by atoms with Gasteiger partial charge in [0.15, 0.2) is 0 Å². The summed E-state index contributed by atoms with van der Waals surface area (Å²) in [4.78, 5) is 21.7. The van der Waals surface area contributed by atoms with Crippen LogP contribution in [0.3, 0.4) is 0 Å². The minimum atomic E-state index is -1.33. The molecule has 0 rings (SSSR count). The van der Waals surface area contributed by atoms with E-state index in [2.05, 4.69) is 13.5 Å². The summed E-state index contributed by atoms with van der Waals surface area (Å²) in [5.74, 6) is -2.16. The number of carbonyl (C=O) groups excluding carboxylic acids is 1. The van der Waals surface area contributed by atoms with Crippen molar-refractivity contribution >= 4 is 11.9 Å². The molecule has 0 radical (unpaired) electrons. The molecule has 0 saturated carbocycles. The van der Waals surface area contributed by atoms with Crippen LogP contribution < -0.4 is 0 Å². The quantitative estimate of drug-likeness (QED) is 0.222. The predicted molar refractivity (Wildman–Crippen MR) is 65.7 cm³/mol. The van der Waals surface area contributed by atoms with Gasteiger partial charge in [0.2, 0.25) is 0 Å². The van der Waals surface area contributed by atoms with Crippen molar-refractivity contribution < 1.29 is 19.4 Å². The zero-order chi connectivity index (χ0) is 13.3. The average molecular weight is 242 g/mol. The van der Waals surface area contributed by atoms with Crippen molar-refractivity contribution in [2.75, 3.05) is 0 Å². The summed E-state index contributed by atoms with van der Waals surface area (Å²) in [5, 5.41) is 8.54. The molecular formula is C13H22O4. The molecule has 0 aromatic heterocycles. The van der Waals surface area contributed by atoms with Crippen LogP contribution >= 0.6 is 0 Å². The van der Waals surface area contributed by atoms with Crippen LogP contribution in [-0.2, 0) is 14.3 Å². The first kappa shape index (κ1) is 15.7. The fraction of sp³-hybridized carbons (Fsp3) is 0.692. The Morgan fingerprint density at radius 1 is 1.24 bits per heavy atom. The van der Waals surface area contributed by atoms with Gasteiger partial charge in [-0.05, 0) is 19.8 Å². The predicted octanol–water partition coefficient (Wildman–Crippen LogP) is 2.92. The molecule has 0 bridgehead atoms. The maximum atomic E-state index is 11.2. The Balaban J connectivity index is 3.71. The van der Waals surface area contributed by atoms with Gasteiger partial charge in [-0.2, -0.15) is 0 Å². The van der Waals surface area contributed by atoms with Crippen LogP contribution in [0.2, 0.25) is 0 Å². The Morgan fingerprint density at radius 3 is 2.35 bits per heavy atom. The molecule has 1 unspecified atom stereocenters. The second-order valence-electron chi connectivity index (χ2n) is 4.20. The Morgan fingerprint density at radius 2 is 1.82 bits per heavy atom. The molecule has 0 saturated heterocycles. The van der Waals surface area contributed by atoms with Gasteiger partial charge in [-0.1, -0.05) is 39.2 Å². The highest BCUT2D eigenvalue weighted by atomic mass is 16.5. The minimum Gasteiger partial charge on any atom is -0.477 e. The van der Waals surface area contributed by atoms with Crippen LogP contribution in [0.1, 0.15) is 52.4 Å². The molecule has 17 heavy (non-hydrogen) atoms. The number of carboxylic acids is 1. The van der Waals surface area contributed by atoms with Crippen LogP contribution in [-0.4, -0.2) is 23.1 Å². The third-order valence-electron chi connectivity index (χ3n) is 2.53. The van der Waals surface area contributed by atoms with Crippen molar-refractivity contribution in [1.29, 1.82) is 0 Å². The Kier molecular flexibility index (Phi) is 8.11. The van der Waals surface area contributed by atoms with E-state index < -0.39 is 17.5 Å². The molecule has 0 spiro atoms. The average Bonchev–Trinajstić information content (AvgIpc) is 2.27. The van der Waals surface area contributed by atoms with E-state index in [1.165, 1.54) is 19.3 Å². The maximum absolute atomic E-state index is 11.2. The van der Waals surface area contributed by atoms with E-state index in [0.29, 0.717) is 0 Å². The topological polar surface area (TPSA) is 63.6 Å². The zero-order valence-electron chi connectivity index (χ0n) is 10.7. The van der Waals surface area contributed by atoms with E-state index >= 15 is 0 Å². The van der Waals surface area contributed by atoms with Crippen LogP contribution in [0, 0.1) is 0 Å². The van der Waals surface area contributed by atoms with Crippen molar-refractivity contribution in [3.05, 3.63) is 12.2 Å². The first-order chi connectivity index (χ1) is 7.99. The summed E-state index contributed by atoms with van der Waals surface area (Å²) in [7, 11) is 0. The van der Waals surface area contributed by atoms with Crippen LogP contribution in [0.5, 0.6) is 0 Å². The highest BCUT2D eigenvalue weighted by Gasteiger charge is 2.18. The number of ether oxygens (including phenoxy) is 1. The SMILES string of the molecule is C=C(C(=O)O)C(=O)OC(C)CCCCCCC. The minimum absolute atomic E-state index is 0.250. The normalized spacial score (nSPS) is 11.9. The molecule has 98 valence electrons. The van der Waals surface area contributed by atoms with Gasteiger partial charge in [-0.25, -0.2) is 9.59 Å². The maximum Gasteiger partial charge on any atom is 0.345 e. The third kappa shape index (κ3) is 7.55. The molecule has 0 aliphatic rings. The van der Waals surface area contributed by atoms with Crippen molar-refractivity contribution in [2.24, 2.45) is 0 Å². The summed E-state index contributed by atoms with van der Waals surface area (Å²) in [6.07, 6.45) is 6.25. The number of hydrogen-bond donors (Lipinski definition) is 1. The first-order valence-electron chi connectivity index (χ1n) is 6.12. The monoisotopic (exact) mass is 242 g/mol. The molecule has 0 aromatic carbocycles. The van der Waals surface area contributed by atoms with E-state index in [1.807, 2.05) is 0 Å². The van der Waals surface area contributed by atoms with E-state index in [9.17, 15) is 9.59 Å². The van der Waals surface area contributed by atoms with Crippen molar-refractivity contribution in [1.82, 2.24) is 0 Å². The highest BCUT2D eigenvalue weighted by Crippen LogP contribution is 2.10. The molecule has 4 nitrogen and oxygen atoms in total. The van der Waals surface area contributed by atoms with E-state index in [1.54, 1.807) is 6.92 Å². The number of rotatable bonds is 9. The molecule has 1 atom stereocenters. The van der Waals surface area contributed by atoms with Crippen LogP contribution in [0.15, 0.2) is 12.2 Å². The summed E-state index contributed by atoms with van der Waals surface area (Å²) in [6.45, 7) is 7.08. The molecule has 0 aliphatic heterocycles. The second-order valence-corrected chi connectivity index (χ2v) is 4.20. The number of hydrogen-bond acceptors (Lipinski definition) is 3. The first-order valence-corrected chi connectivity index (χ1v) is 6.12. The number of carbonyl (C=O) groups is 2. The summed E-state index contributed by atoms with van der Waals surface area (Å²) >= 11 is 0. The lowest BCUT2D eigenvalue weighted by Crippen LogP contribution is -2.20. The fourth-order valence-electron chi connectivity index (χ4n) is 1.44. The Hall–Kier alpha value is -1.32. The lowest BCUT2D eigenvalue weighted by atomic mass is 10.1. The van der Waals surface area contributed by atoms with Gasteiger partial charge < -0.3 is 9.84 Å². The molecular weight excluding hydrogens is 220 g/mol. The largest absolute Gasteiger partial charge is 0.477 e. The number of aliphatic carboxylic acids is 1. The molecule has 0 heterocycles. The highest BCUT2D eigenvalue weighted by molar-refractivity contribution is 6.12. The fourth-order valence-corrected chi connectivity index (χ4v) is 1.44. The molecule has 0 fully saturated rings. The Labute approximate surface area is 103 Å². The lowest BCUT2D eigenvalue weighted by Gasteiger charge is -2.12. The summed E-state index contributed by atoms with van der Waals surface area (Å²) in [5.41, 5.74) is -0.511. The van der Waals surface area contributed by atoms with Gasteiger partial charge in [0.25, 0.3) is 0 Å². The van der Waals surface area contributed by atoms with Crippen LogP contribution in [0.25, 0.3) is 0 Å². The standard InChI is InChI=1S/C13H22O4/c1-4-5-6-7-8-9-10(2)17-13(16)11(3)12(14)15/h10H,3-9H2,1-2H3,(H,14,15). The van der Waals surface area contributed by atoms with Crippen molar-refractivity contribution in [2.45, 2.75) is 58.5 Å². The van der Waals surface area contributed by atoms with Crippen molar-refractivity contribution in [3.63, 3.8) is 0 Å². The second kappa shape index (κ2) is 8.79.